The largest absolute Gasteiger partial charge is 0.361 e. The highest BCUT2D eigenvalue weighted by molar-refractivity contribution is 7.92. The molecule has 122 valence electrons. The van der Waals surface area contributed by atoms with Crippen molar-refractivity contribution in [1.82, 2.24) is 4.98 Å². The van der Waals surface area contributed by atoms with Crippen LogP contribution < -0.4 is 10.0 Å². The van der Waals surface area contributed by atoms with Gasteiger partial charge >= 0.3 is 0 Å². The molecule has 3 N–H and O–H groups in total. The molecule has 0 saturated heterocycles. The van der Waals surface area contributed by atoms with E-state index in [9.17, 15) is 13.2 Å². The van der Waals surface area contributed by atoms with E-state index in [-0.39, 0.29) is 10.8 Å². The van der Waals surface area contributed by atoms with E-state index in [4.69, 9.17) is 0 Å². The number of rotatable bonds is 3. The van der Waals surface area contributed by atoms with E-state index in [1.165, 1.54) is 6.07 Å². The molecule has 1 aliphatic heterocycles. The lowest BCUT2D eigenvalue weighted by Gasteiger charge is -2.18. The number of carbonyl (C=O) groups excluding carboxylic acids is 1. The lowest BCUT2D eigenvalue weighted by molar-refractivity contribution is -0.116. The van der Waals surface area contributed by atoms with Crippen molar-refractivity contribution in [2.75, 3.05) is 10.0 Å². The van der Waals surface area contributed by atoms with Crippen LogP contribution in [-0.4, -0.2) is 19.3 Å². The maximum absolute atomic E-state index is 12.6. The van der Waals surface area contributed by atoms with Crippen molar-refractivity contribution in [1.29, 1.82) is 0 Å². The summed E-state index contributed by atoms with van der Waals surface area (Å²) in [5.41, 5.74) is 2.97. The second-order valence-electron chi connectivity index (χ2n) is 5.75. The molecule has 7 heteroatoms. The Balaban J connectivity index is 1.66. The number of amides is 1. The van der Waals surface area contributed by atoms with E-state index in [2.05, 4.69) is 15.0 Å². The van der Waals surface area contributed by atoms with Gasteiger partial charge in [0.1, 0.15) is 0 Å². The van der Waals surface area contributed by atoms with Gasteiger partial charge in [-0.25, -0.2) is 8.42 Å². The number of H-pyrrole nitrogens is 1. The quantitative estimate of drug-likeness (QED) is 0.684. The van der Waals surface area contributed by atoms with Gasteiger partial charge in [-0.05, 0) is 54.4 Å². The van der Waals surface area contributed by atoms with Crippen molar-refractivity contribution in [3.05, 3.63) is 54.2 Å². The molecule has 1 amide bonds. The van der Waals surface area contributed by atoms with E-state index in [0.717, 1.165) is 16.5 Å². The van der Waals surface area contributed by atoms with E-state index in [0.29, 0.717) is 24.2 Å². The number of aryl methyl sites for hydroxylation is 1. The van der Waals surface area contributed by atoms with Crippen LogP contribution >= 0.6 is 0 Å². The molecule has 0 spiro atoms. The fourth-order valence-electron chi connectivity index (χ4n) is 2.86. The maximum Gasteiger partial charge on any atom is 0.261 e. The van der Waals surface area contributed by atoms with Crippen LogP contribution in [0.25, 0.3) is 10.9 Å². The van der Waals surface area contributed by atoms with Gasteiger partial charge in [0.15, 0.2) is 0 Å². The average molecular weight is 341 g/mol. The Morgan fingerprint density at radius 2 is 1.88 bits per heavy atom. The van der Waals surface area contributed by atoms with Crippen LogP contribution in [0.3, 0.4) is 0 Å². The highest BCUT2D eigenvalue weighted by Crippen LogP contribution is 2.27. The van der Waals surface area contributed by atoms with E-state index in [1.54, 1.807) is 30.5 Å². The molecule has 3 aromatic rings. The zero-order valence-electron chi connectivity index (χ0n) is 12.7. The van der Waals surface area contributed by atoms with Crippen LogP contribution in [0.4, 0.5) is 11.4 Å². The normalized spacial score (nSPS) is 14.2. The van der Waals surface area contributed by atoms with Crippen LogP contribution in [-0.2, 0) is 21.2 Å². The summed E-state index contributed by atoms with van der Waals surface area (Å²) in [5.74, 6) is -0.0453. The lowest BCUT2D eigenvalue weighted by Crippen LogP contribution is -2.20. The molecule has 0 radical (unpaired) electrons. The summed E-state index contributed by atoms with van der Waals surface area (Å²) >= 11 is 0. The SMILES string of the molecule is O=C1CCc2cc(S(=O)(=O)Nc3ccc4[nH]ccc4c3)ccc2N1. The van der Waals surface area contributed by atoms with Gasteiger partial charge in [-0.3, -0.25) is 9.52 Å². The molecule has 0 saturated carbocycles. The molecule has 0 unspecified atom stereocenters. The summed E-state index contributed by atoms with van der Waals surface area (Å²) in [7, 11) is -3.68. The minimum absolute atomic E-state index is 0.0453. The Hall–Kier alpha value is -2.80. The van der Waals surface area contributed by atoms with Gasteiger partial charge in [0.25, 0.3) is 10.0 Å². The number of nitrogens with one attached hydrogen (secondary N) is 3. The number of hydrogen-bond acceptors (Lipinski definition) is 3. The number of fused-ring (bicyclic) bond motifs is 2. The average Bonchev–Trinajstić information content (AvgIpc) is 3.01. The van der Waals surface area contributed by atoms with E-state index < -0.39 is 10.0 Å². The number of hydrogen-bond donors (Lipinski definition) is 3. The Morgan fingerprint density at radius 3 is 2.75 bits per heavy atom. The van der Waals surface area contributed by atoms with Crippen LogP contribution in [0.1, 0.15) is 12.0 Å². The van der Waals surface area contributed by atoms with Gasteiger partial charge in [0, 0.05) is 34.9 Å². The molecule has 6 nitrogen and oxygen atoms in total. The molecule has 0 aliphatic carbocycles. The first-order valence-corrected chi connectivity index (χ1v) is 9.02. The summed E-state index contributed by atoms with van der Waals surface area (Å²) < 4.78 is 27.8. The Kier molecular flexibility index (Phi) is 3.31. The number of benzene rings is 2. The number of sulfonamides is 1. The highest BCUT2D eigenvalue weighted by Gasteiger charge is 2.20. The van der Waals surface area contributed by atoms with Crippen LogP contribution in [0, 0.1) is 0 Å². The predicted octanol–water partition coefficient (Wildman–Crippen LogP) is 2.85. The second kappa shape index (κ2) is 5.38. The highest BCUT2D eigenvalue weighted by atomic mass is 32.2. The standard InChI is InChI=1S/C17H15N3O3S/c21-17-6-1-11-10-14(3-5-16(11)19-17)24(22,23)20-13-2-4-15-12(9-13)7-8-18-15/h2-5,7-10,18,20H,1,6H2,(H,19,21). The minimum atomic E-state index is -3.68. The molecular weight excluding hydrogens is 326 g/mol. The molecule has 0 fully saturated rings. The summed E-state index contributed by atoms with van der Waals surface area (Å²) in [6, 6.07) is 12.0. The molecule has 1 aliphatic rings. The summed E-state index contributed by atoms with van der Waals surface area (Å²) in [6.45, 7) is 0. The third-order valence-electron chi connectivity index (χ3n) is 4.09. The van der Waals surface area contributed by atoms with Gasteiger partial charge in [-0.1, -0.05) is 0 Å². The van der Waals surface area contributed by atoms with Crippen molar-refractivity contribution in [2.45, 2.75) is 17.7 Å². The third kappa shape index (κ3) is 2.63. The molecule has 2 heterocycles. The first kappa shape index (κ1) is 14.8. The van der Waals surface area contributed by atoms with Crippen LogP contribution in [0.15, 0.2) is 53.6 Å². The number of anilines is 2. The van der Waals surface area contributed by atoms with Crippen molar-refractivity contribution in [3.63, 3.8) is 0 Å². The third-order valence-corrected chi connectivity index (χ3v) is 5.47. The van der Waals surface area contributed by atoms with Gasteiger partial charge in [-0.2, -0.15) is 0 Å². The summed E-state index contributed by atoms with van der Waals surface area (Å²) in [5, 5.41) is 3.68. The molecule has 0 atom stereocenters. The van der Waals surface area contributed by atoms with Gasteiger partial charge in [-0.15, -0.1) is 0 Å². The summed E-state index contributed by atoms with van der Waals surface area (Å²) in [4.78, 5) is 14.6. The molecular formula is C17H15N3O3S. The fourth-order valence-corrected chi connectivity index (χ4v) is 3.96. The zero-order valence-corrected chi connectivity index (χ0v) is 13.5. The first-order chi connectivity index (χ1) is 11.5. The number of aromatic nitrogens is 1. The zero-order chi connectivity index (χ0) is 16.7. The lowest BCUT2D eigenvalue weighted by atomic mass is 10.0. The van der Waals surface area contributed by atoms with Gasteiger partial charge < -0.3 is 10.3 Å². The minimum Gasteiger partial charge on any atom is -0.361 e. The molecule has 0 bridgehead atoms. The summed E-state index contributed by atoms with van der Waals surface area (Å²) in [6.07, 6.45) is 2.72. The molecule has 4 rings (SSSR count). The monoisotopic (exact) mass is 341 g/mol. The topological polar surface area (TPSA) is 91.1 Å². The van der Waals surface area contributed by atoms with Crippen molar-refractivity contribution in [3.8, 4) is 0 Å². The van der Waals surface area contributed by atoms with Crippen LogP contribution in [0.2, 0.25) is 0 Å². The Morgan fingerprint density at radius 1 is 1.00 bits per heavy atom. The second-order valence-corrected chi connectivity index (χ2v) is 7.43. The Bertz CT molecular complexity index is 1050. The molecule has 24 heavy (non-hydrogen) atoms. The van der Waals surface area contributed by atoms with E-state index in [1.807, 2.05) is 12.1 Å². The molecule has 1 aromatic heterocycles. The van der Waals surface area contributed by atoms with Gasteiger partial charge in [0.2, 0.25) is 5.91 Å². The fraction of sp³-hybridized carbons (Fsp3) is 0.118. The van der Waals surface area contributed by atoms with Crippen molar-refractivity contribution in [2.24, 2.45) is 0 Å². The predicted molar refractivity (Wildman–Crippen MR) is 92.5 cm³/mol. The van der Waals surface area contributed by atoms with Crippen LogP contribution in [0.5, 0.6) is 0 Å². The van der Waals surface area contributed by atoms with E-state index >= 15 is 0 Å². The smallest absolute Gasteiger partial charge is 0.261 e. The number of aromatic amines is 1. The first-order valence-electron chi connectivity index (χ1n) is 7.54. The van der Waals surface area contributed by atoms with Crippen molar-refractivity contribution >= 4 is 38.2 Å². The van der Waals surface area contributed by atoms with Gasteiger partial charge in [0.05, 0.1) is 4.90 Å². The Labute approximate surface area is 138 Å². The number of carbonyl (C=O) groups is 1. The maximum atomic E-state index is 12.6. The van der Waals surface area contributed by atoms with Crippen molar-refractivity contribution < 1.29 is 13.2 Å². The molecule has 2 aromatic carbocycles.